The lowest BCUT2D eigenvalue weighted by atomic mass is 9.98. The second kappa shape index (κ2) is 7.00. The fraction of sp³-hybridized carbons (Fsp3) is 0.650. The summed E-state index contributed by atoms with van der Waals surface area (Å²) in [7, 11) is -1.90. The van der Waals surface area contributed by atoms with Gasteiger partial charge in [-0.15, -0.1) is 0 Å². The number of amides is 1. The summed E-state index contributed by atoms with van der Waals surface area (Å²) in [6, 6.07) is 7.44. The van der Waals surface area contributed by atoms with Gasteiger partial charge in [0.2, 0.25) is 15.9 Å². The fourth-order valence-corrected chi connectivity index (χ4v) is 7.03. The molecule has 0 aromatic heterocycles. The largest absolute Gasteiger partial charge is 0.497 e. The molecule has 0 aliphatic carbocycles. The molecular formula is C20H28N2O5S. The van der Waals surface area contributed by atoms with Crippen LogP contribution >= 0.6 is 0 Å². The van der Waals surface area contributed by atoms with E-state index in [0.29, 0.717) is 38.2 Å². The van der Waals surface area contributed by atoms with E-state index in [1.54, 1.807) is 7.11 Å². The van der Waals surface area contributed by atoms with Gasteiger partial charge in [0.15, 0.2) is 0 Å². The van der Waals surface area contributed by atoms with Crippen molar-refractivity contribution in [2.24, 2.45) is 5.92 Å². The van der Waals surface area contributed by atoms with Crippen molar-refractivity contribution in [3.8, 4) is 5.75 Å². The van der Waals surface area contributed by atoms with Gasteiger partial charge in [-0.05, 0) is 30.0 Å². The average Bonchev–Trinajstić information content (AvgIpc) is 3.00. The van der Waals surface area contributed by atoms with Gasteiger partial charge in [-0.2, -0.15) is 4.31 Å². The highest BCUT2D eigenvalue weighted by Crippen LogP contribution is 2.47. The van der Waals surface area contributed by atoms with Crippen LogP contribution in [0.5, 0.6) is 5.75 Å². The van der Waals surface area contributed by atoms with Gasteiger partial charge in [0.1, 0.15) is 16.6 Å². The molecule has 1 aromatic carbocycles. The number of sulfonamides is 1. The van der Waals surface area contributed by atoms with Gasteiger partial charge in [-0.1, -0.05) is 26.0 Å². The number of carbonyl (C=O) groups is 1. The number of morpholine rings is 1. The molecule has 3 heterocycles. The number of carbonyl (C=O) groups excluding carboxylic acids is 1. The number of rotatable bonds is 5. The predicted molar refractivity (Wildman–Crippen MR) is 104 cm³/mol. The Morgan fingerprint density at radius 1 is 1.36 bits per heavy atom. The van der Waals surface area contributed by atoms with E-state index in [2.05, 4.69) is 0 Å². The lowest BCUT2D eigenvalue weighted by Crippen LogP contribution is -2.56. The molecule has 0 saturated carbocycles. The van der Waals surface area contributed by atoms with Crippen LogP contribution in [0.15, 0.2) is 24.3 Å². The maximum Gasteiger partial charge on any atom is 0.223 e. The Labute approximate surface area is 166 Å². The summed E-state index contributed by atoms with van der Waals surface area (Å²) in [5.41, 5.74) is 0.0622. The molecule has 4 rings (SSSR count). The zero-order chi connectivity index (χ0) is 20.1. The molecule has 0 unspecified atom stereocenters. The van der Waals surface area contributed by atoms with Crippen LogP contribution in [0, 0.1) is 5.92 Å². The highest BCUT2D eigenvalue weighted by molar-refractivity contribution is 7.90. The van der Waals surface area contributed by atoms with Crippen LogP contribution in [0.2, 0.25) is 0 Å². The van der Waals surface area contributed by atoms with E-state index in [4.69, 9.17) is 9.47 Å². The van der Waals surface area contributed by atoms with Crippen LogP contribution in [-0.2, 0) is 26.1 Å². The Kier molecular flexibility index (Phi) is 4.92. The highest BCUT2D eigenvalue weighted by Gasteiger charge is 2.65. The van der Waals surface area contributed by atoms with Crippen molar-refractivity contribution >= 4 is 15.9 Å². The van der Waals surface area contributed by atoms with E-state index >= 15 is 0 Å². The van der Waals surface area contributed by atoms with Crippen LogP contribution in [-0.4, -0.2) is 67.2 Å². The summed E-state index contributed by atoms with van der Waals surface area (Å²) in [6.45, 7) is 5.46. The van der Waals surface area contributed by atoms with Crippen LogP contribution in [0.4, 0.5) is 0 Å². The Balaban J connectivity index is 1.56. The summed E-state index contributed by atoms with van der Waals surface area (Å²) in [4.78, 5) is 14.4. The van der Waals surface area contributed by atoms with Crippen molar-refractivity contribution in [1.29, 1.82) is 0 Å². The first-order valence-electron chi connectivity index (χ1n) is 9.81. The minimum absolute atomic E-state index is 0.0898. The third-order valence-electron chi connectivity index (χ3n) is 5.94. The number of ether oxygens (including phenoxy) is 2. The Bertz CT molecular complexity index is 871. The monoisotopic (exact) mass is 408 g/mol. The Morgan fingerprint density at radius 3 is 2.86 bits per heavy atom. The van der Waals surface area contributed by atoms with Gasteiger partial charge < -0.3 is 14.4 Å². The van der Waals surface area contributed by atoms with Crippen molar-refractivity contribution in [2.45, 2.75) is 50.2 Å². The normalized spacial score (nSPS) is 31.2. The SMILES string of the molecule is COc1cccc(CN2C[C@]34CN(C(=O)CC(C)C)C[C@H](C[C@H]3S2(=O)=O)O4)c1. The number of nitrogens with zero attached hydrogens (tertiary/aromatic N) is 2. The third kappa shape index (κ3) is 3.31. The molecule has 1 amide bonds. The van der Waals surface area contributed by atoms with Crippen LogP contribution in [0.25, 0.3) is 0 Å². The number of methoxy groups -OCH3 is 1. The fourth-order valence-electron chi connectivity index (χ4n) is 4.73. The molecular weight excluding hydrogens is 380 g/mol. The zero-order valence-corrected chi connectivity index (χ0v) is 17.4. The van der Waals surface area contributed by atoms with Gasteiger partial charge >= 0.3 is 0 Å². The minimum atomic E-state index is -3.49. The van der Waals surface area contributed by atoms with E-state index in [9.17, 15) is 13.2 Å². The van der Waals surface area contributed by atoms with E-state index in [-0.39, 0.29) is 24.5 Å². The summed E-state index contributed by atoms with van der Waals surface area (Å²) < 4.78 is 39.4. The first kappa shape index (κ1) is 19.7. The molecule has 2 bridgehead atoms. The maximum absolute atomic E-state index is 13.2. The van der Waals surface area contributed by atoms with E-state index in [0.717, 1.165) is 5.56 Å². The van der Waals surface area contributed by atoms with E-state index in [1.807, 2.05) is 43.0 Å². The Hall–Kier alpha value is -1.64. The third-order valence-corrected chi connectivity index (χ3v) is 8.26. The molecule has 3 aliphatic heterocycles. The lowest BCUT2D eigenvalue weighted by molar-refractivity contribution is -0.151. The van der Waals surface area contributed by atoms with Gasteiger partial charge in [0.25, 0.3) is 0 Å². The average molecular weight is 409 g/mol. The highest BCUT2D eigenvalue weighted by atomic mass is 32.2. The smallest absolute Gasteiger partial charge is 0.223 e. The molecule has 0 N–H and O–H groups in total. The first-order chi connectivity index (χ1) is 13.2. The lowest BCUT2D eigenvalue weighted by Gasteiger charge is -2.39. The van der Waals surface area contributed by atoms with Crippen LogP contribution < -0.4 is 4.74 Å². The zero-order valence-electron chi connectivity index (χ0n) is 16.6. The summed E-state index contributed by atoms with van der Waals surface area (Å²) in [6.07, 6.45) is 0.750. The second-order valence-corrected chi connectivity index (χ2v) is 10.7. The number of likely N-dealkylation sites (tertiary alicyclic amines) is 1. The van der Waals surface area contributed by atoms with Gasteiger partial charge in [-0.25, -0.2) is 8.42 Å². The molecule has 28 heavy (non-hydrogen) atoms. The molecule has 1 aromatic rings. The van der Waals surface area contributed by atoms with Crippen molar-refractivity contribution in [2.75, 3.05) is 26.7 Å². The predicted octanol–water partition coefficient (Wildman–Crippen LogP) is 1.63. The standard InChI is InChI=1S/C20H28N2O5S/c1-14(2)7-19(23)21-11-17-9-18-20(12-21,27-17)13-22(28(18,24)25)10-15-5-4-6-16(8-15)26-3/h4-6,8,14,17-18H,7,9-13H2,1-3H3/t17-,18+,20+/m0/s1. The minimum Gasteiger partial charge on any atom is -0.497 e. The van der Waals surface area contributed by atoms with Gasteiger partial charge in [0.05, 0.1) is 19.8 Å². The summed E-state index contributed by atoms with van der Waals surface area (Å²) in [5.74, 6) is 1.07. The van der Waals surface area contributed by atoms with Crippen molar-refractivity contribution < 1.29 is 22.7 Å². The van der Waals surface area contributed by atoms with E-state index in [1.165, 1.54) is 4.31 Å². The Morgan fingerprint density at radius 2 is 2.14 bits per heavy atom. The number of benzene rings is 1. The first-order valence-corrected chi connectivity index (χ1v) is 11.3. The molecule has 154 valence electrons. The molecule has 3 aliphatic rings. The van der Waals surface area contributed by atoms with Crippen LogP contribution in [0.1, 0.15) is 32.3 Å². The molecule has 1 spiro atoms. The van der Waals surface area contributed by atoms with Gasteiger partial charge in [0, 0.05) is 26.1 Å². The number of hydrogen-bond acceptors (Lipinski definition) is 5. The molecule has 0 radical (unpaired) electrons. The van der Waals surface area contributed by atoms with Crippen molar-refractivity contribution in [3.05, 3.63) is 29.8 Å². The van der Waals surface area contributed by atoms with Gasteiger partial charge in [-0.3, -0.25) is 4.79 Å². The summed E-state index contributed by atoms with van der Waals surface area (Å²) in [5, 5.41) is -0.576. The summed E-state index contributed by atoms with van der Waals surface area (Å²) >= 11 is 0. The maximum atomic E-state index is 13.2. The molecule has 3 saturated heterocycles. The van der Waals surface area contributed by atoms with Crippen molar-refractivity contribution in [1.82, 2.24) is 9.21 Å². The second-order valence-electron chi connectivity index (χ2n) is 8.57. The topological polar surface area (TPSA) is 76.2 Å². The molecule has 3 atom stereocenters. The van der Waals surface area contributed by atoms with E-state index < -0.39 is 20.9 Å². The van der Waals surface area contributed by atoms with Crippen LogP contribution in [0.3, 0.4) is 0 Å². The molecule has 8 heteroatoms. The number of fused-ring (bicyclic) bond motifs is 1. The van der Waals surface area contributed by atoms with Crippen molar-refractivity contribution in [3.63, 3.8) is 0 Å². The molecule has 7 nitrogen and oxygen atoms in total. The quantitative estimate of drug-likeness (QED) is 0.740. The number of hydrogen-bond donors (Lipinski definition) is 0. The molecule has 3 fully saturated rings.